The Morgan fingerprint density at radius 3 is 2.17 bits per heavy atom. The van der Waals surface area contributed by atoms with Crippen LogP contribution in [0, 0.1) is 11.8 Å². The predicted octanol–water partition coefficient (Wildman–Crippen LogP) is 2.38. The van der Waals surface area contributed by atoms with Gasteiger partial charge in [-0.25, -0.2) is 8.42 Å². The van der Waals surface area contributed by atoms with Crippen molar-refractivity contribution in [3.63, 3.8) is 0 Å². The van der Waals surface area contributed by atoms with Gasteiger partial charge in [0.1, 0.15) is 0 Å². The highest BCUT2D eigenvalue weighted by molar-refractivity contribution is 8.14. The van der Waals surface area contributed by atoms with Gasteiger partial charge in [-0.3, -0.25) is 0 Å². The molecule has 0 N–H and O–H groups in total. The summed E-state index contributed by atoms with van der Waals surface area (Å²) in [5.41, 5.74) is 0. The minimum atomic E-state index is -3.31. The molecule has 0 saturated heterocycles. The molecule has 1 fully saturated rings. The van der Waals surface area contributed by atoms with Crippen molar-refractivity contribution < 1.29 is 8.42 Å². The van der Waals surface area contributed by atoms with Gasteiger partial charge in [-0.2, -0.15) is 0 Å². The predicted molar refractivity (Wildman–Crippen MR) is 50.7 cm³/mol. The van der Waals surface area contributed by atoms with E-state index in [2.05, 4.69) is 13.8 Å². The fraction of sp³-hybridized carbons (Fsp3) is 1.00. The molecule has 0 aromatic rings. The maximum atomic E-state index is 11.0. The van der Waals surface area contributed by atoms with Crippen LogP contribution in [0.5, 0.6) is 0 Å². The molecule has 3 atom stereocenters. The summed E-state index contributed by atoms with van der Waals surface area (Å²) in [5, 5.41) is -0.301. The lowest BCUT2D eigenvalue weighted by molar-refractivity contribution is 0.279. The van der Waals surface area contributed by atoms with E-state index in [0.717, 1.165) is 19.3 Å². The largest absolute Gasteiger partial charge is 0.235 e. The molecule has 1 aliphatic carbocycles. The quantitative estimate of drug-likeness (QED) is 0.623. The first-order valence-corrected chi connectivity index (χ1v) is 6.72. The molecule has 2 nitrogen and oxygen atoms in total. The van der Waals surface area contributed by atoms with Gasteiger partial charge in [-0.15, -0.1) is 0 Å². The van der Waals surface area contributed by atoms with Crippen LogP contribution < -0.4 is 0 Å². The molecule has 0 aliphatic heterocycles. The van der Waals surface area contributed by atoms with E-state index in [1.807, 2.05) is 0 Å². The molecule has 3 unspecified atom stereocenters. The Balaban J connectivity index is 2.64. The van der Waals surface area contributed by atoms with Gasteiger partial charge < -0.3 is 0 Å². The fourth-order valence-electron chi connectivity index (χ4n) is 1.75. The Hall–Kier alpha value is 0.240. The van der Waals surface area contributed by atoms with E-state index in [4.69, 9.17) is 10.7 Å². The summed E-state index contributed by atoms with van der Waals surface area (Å²) in [5.74, 6) is 1.12. The van der Waals surface area contributed by atoms with E-state index in [-0.39, 0.29) is 5.25 Å². The summed E-state index contributed by atoms with van der Waals surface area (Å²) in [6.45, 7) is 4.26. The van der Waals surface area contributed by atoms with Gasteiger partial charge in [0.2, 0.25) is 9.05 Å². The first-order chi connectivity index (χ1) is 5.41. The minimum absolute atomic E-state index is 0.301. The highest BCUT2D eigenvalue weighted by Gasteiger charge is 2.31. The van der Waals surface area contributed by atoms with Gasteiger partial charge in [0.05, 0.1) is 5.25 Å². The van der Waals surface area contributed by atoms with E-state index < -0.39 is 9.05 Å². The second-order valence-electron chi connectivity index (χ2n) is 3.87. The van der Waals surface area contributed by atoms with Gasteiger partial charge in [0.25, 0.3) is 0 Å². The first-order valence-electron chi connectivity index (χ1n) is 4.34. The summed E-state index contributed by atoms with van der Waals surface area (Å²) >= 11 is 0. The van der Waals surface area contributed by atoms with E-state index >= 15 is 0 Å². The standard InChI is InChI=1S/C8H15ClO2S/c1-6-3-4-8(5-7(6)2)12(9,10)11/h6-8H,3-5H2,1-2H3. The van der Waals surface area contributed by atoms with Gasteiger partial charge in [-0.1, -0.05) is 13.8 Å². The maximum absolute atomic E-state index is 11.0. The average molecular weight is 211 g/mol. The molecule has 1 saturated carbocycles. The summed E-state index contributed by atoms with van der Waals surface area (Å²) in [7, 11) is 1.99. The molecule has 1 rings (SSSR count). The van der Waals surface area contributed by atoms with Crippen molar-refractivity contribution >= 4 is 19.7 Å². The topological polar surface area (TPSA) is 34.1 Å². The molecule has 0 heterocycles. The zero-order valence-electron chi connectivity index (χ0n) is 7.46. The Morgan fingerprint density at radius 1 is 1.17 bits per heavy atom. The molecule has 0 radical (unpaired) electrons. The summed E-state index contributed by atoms with van der Waals surface area (Å²) in [6.07, 6.45) is 2.45. The van der Waals surface area contributed by atoms with E-state index in [0.29, 0.717) is 11.8 Å². The normalized spacial score (nSPS) is 38.1. The third-order valence-electron chi connectivity index (χ3n) is 2.95. The number of rotatable bonds is 1. The summed E-state index contributed by atoms with van der Waals surface area (Å²) < 4.78 is 22.0. The first kappa shape index (κ1) is 10.3. The molecule has 0 amide bonds. The van der Waals surface area contributed by atoms with Crippen LogP contribution in [0.1, 0.15) is 33.1 Å². The summed E-state index contributed by atoms with van der Waals surface area (Å²) in [6, 6.07) is 0. The summed E-state index contributed by atoms with van der Waals surface area (Å²) in [4.78, 5) is 0. The van der Waals surface area contributed by atoms with Crippen molar-refractivity contribution in [2.45, 2.75) is 38.4 Å². The SMILES string of the molecule is CC1CCC(S(=O)(=O)Cl)CC1C. The van der Waals surface area contributed by atoms with Crippen molar-refractivity contribution in [3.05, 3.63) is 0 Å². The Labute approximate surface area is 78.7 Å². The second kappa shape index (κ2) is 3.54. The fourth-order valence-corrected chi connectivity index (χ4v) is 3.19. The van der Waals surface area contributed by atoms with Crippen molar-refractivity contribution in [3.8, 4) is 0 Å². The molecular formula is C8H15ClO2S. The highest BCUT2D eigenvalue weighted by Crippen LogP contribution is 2.33. The van der Waals surface area contributed by atoms with Crippen molar-refractivity contribution in [1.82, 2.24) is 0 Å². The maximum Gasteiger partial charge on any atom is 0.235 e. The monoisotopic (exact) mass is 210 g/mol. The Morgan fingerprint density at radius 2 is 1.75 bits per heavy atom. The average Bonchev–Trinajstić information content (AvgIpc) is 1.92. The van der Waals surface area contributed by atoms with Crippen LogP contribution in [-0.2, 0) is 9.05 Å². The van der Waals surface area contributed by atoms with Crippen LogP contribution >= 0.6 is 10.7 Å². The van der Waals surface area contributed by atoms with E-state index in [9.17, 15) is 8.42 Å². The smallest absolute Gasteiger partial charge is 0.212 e. The number of hydrogen-bond acceptors (Lipinski definition) is 2. The lowest BCUT2D eigenvalue weighted by atomic mass is 9.81. The van der Waals surface area contributed by atoms with E-state index in [1.165, 1.54) is 0 Å². The van der Waals surface area contributed by atoms with Crippen molar-refractivity contribution in [2.75, 3.05) is 0 Å². The molecule has 0 bridgehead atoms. The molecule has 4 heteroatoms. The third kappa shape index (κ3) is 2.36. The highest BCUT2D eigenvalue weighted by atomic mass is 35.7. The van der Waals surface area contributed by atoms with Crippen LogP contribution in [0.3, 0.4) is 0 Å². The number of halogens is 1. The lowest BCUT2D eigenvalue weighted by Gasteiger charge is -2.29. The molecular weight excluding hydrogens is 196 g/mol. The van der Waals surface area contributed by atoms with Crippen LogP contribution in [0.4, 0.5) is 0 Å². The van der Waals surface area contributed by atoms with Gasteiger partial charge in [-0.05, 0) is 31.1 Å². The van der Waals surface area contributed by atoms with E-state index in [1.54, 1.807) is 0 Å². The molecule has 0 spiro atoms. The van der Waals surface area contributed by atoms with Crippen LogP contribution in [0.25, 0.3) is 0 Å². The molecule has 1 aliphatic rings. The van der Waals surface area contributed by atoms with Gasteiger partial charge in [0.15, 0.2) is 0 Å². The zero-order chi connectivity index (χ0) is 9.35. The minimum Gasteiger partial charge on any atom is -0.212 e. The Bertz CT molecular complexity index is 248. The van der Waals surface area contributed by atoms with Crippen molar-refractivity contribution in [1.29, 1.82) is 0 Å². The lowest BCUT2D eigenvalue weighted by Crippen LogP contribution is -2.28. The van der Waals surface area contributed by atoms with Crippen LogP contribution in [-0.4, -0.2) is 13.7 Å². The molecule has 12 heavy (non-hydrogen) atoms. The van der Waals surface area contributed by atoms with Gasteiger partial charge in [0, 0.05) is 10.7 Å². The second-order valence-corrected chi connectivity index (χ2v) is 6.77. The Kier molecular flexibility index (Phi) is 3.05. The molecule has 72 valence electrons. The van der Waals surface area contributed by atoms with Crippen LogP contribution in [0.2, 0.25) is 0 Å². The zero-order valence-corrected chi connectivity index (χ0v) is 9.03. The molecule has 0 aromatic heterocycles. The molecule has 0 aromatic carbocycles. The third-order valence-corrected chi connectivity index (χ3v) is 4.93. The van der Waals surface area contributed by atoms with Crippen LogP contribution in [0.15, 0.2) is 0 Å². The van der Waals surface area contributed by atoms with Gasteiger partial charge >= 0.3 is 0 Å². The van der Waals surface area contributed by atoms with Crippen molar-refractivity contribution in [2.24, 2.45) is 11.8 Å². The number of hydrogen-bond donors (Lipinski definition) is 0.